The van der Waals surface area contributed by atoms with Crippen LogP contribution in [0, 0.1) is 3.57 Å². The molecule has 0 fully saturated rings. The largest absolute Gasteiger partial charge is 0.287 e. The van der Waals surface area contributed by atoms with Crippen molar-refractivity contribution in [3.63, 3.8) is 0 Å². The first-order valence-corrected chi connectivity index (χ1v) is 6.32. The van der Waals surface area contributed by atoms with Gasteiger partial charge in [-0.05, 0) is 50.7 Å². The number of halogens is 2. The first-order valence-electron chi connectivity index (χ1n) is 4.45. The van der Waals surface area contributed by atoms with E-state index >= 15 is 0 Å². The Kier molecular flexibility index (Phi) is 3.38. The average Bonchev–Trinajstić information content (AvgIpc) is 2.58. The molecule has 82 valence electrons. The lowest BCUT2D eigenvalue weighted by Gasteiger charge is -2.01. The smallest absolute Gasteiger partial charge is 0.213 e. The van der Waals surface area contributed by atoms with Gasteiger partial charge in [0.05, 0.1) is 0 Å². The molecule has 2 rings (SSSR count). The number of carbonyl (C=O) groups is 1. The van der Waals surface area contributed by atoms with Gasteiger partial charge in [-0.25, -0.2) is 4.68 Å². The number of aromatic nitrogens is 3. The summed E-state index contributed by atoms with van der Waals surface area (Å²) in [6, 6.07) is 7.41. The standard InChI is InChI=1S/C10H7BrIN3O/c1-15-8(10(11)13-14-15)9(16)6-3-2-4-7(12)5-6/h2-5H,1H3. The molecule has 0 N–H and O–H groups in total. The van der Waals surface area contributed by atoms with Gasteiger partial charge in [0.15, 0.2) is 4.60 Å². The molecular weight excluding hydrogens is 385 g/mol. The summed E-state index contributed by atoms with van der Waals surface area (Å²) >= 11 is 5.39. The molecule has 1 aromatic heterocycles. The zero-order valence-electron chi connectivity index (χ0n) is 8.32. The fourth-order valence-electron chi connectivity index (χ4n) is 1.34. The Labute approximate surface area is 114 Å². The van der Waals surface area contributed by atoms with E-state index in [1.54, 1.807) is 13.1 Å². The van der Waals surface area contributed by atoms with Crippen molar-refractivity contribution in [2.45, 2.75) is 0 Å². The number of rotatable bonds is 2. The van der Waals surface area contributed by atoms with E-state index in [1.807, 2.05) is 18.2 Å². The van der Waals surface area contributed by atoms with E-state index < -0.39 is 0 Å². The third kappa shape index (κ3) is 2.17. The van der Waals surface area contributed by atoms with Gasteiger partial charge in [-0.1, -0.05) is 17.3 Å². The van der Waals surface area contributed by atoms with Crippen LogP contribution in [-0.4, -0.2) is 20.8 Å². The lowest BCUT2D eigenvalue weighted by Crippen LogP contribution is -2.09. The van der Waals surface area contributed by atoms with Crippen LogP contribution >= 0.6 is 38.5 Å². The lowest BCUT2D eigenvalue weighted by molar-refractivity contribution is 0.102. The van der Waals surface area contributed by atoms with E-state index in [9.17, 15) is 4.79 Å². The summed E-state index contributed by atoms with van der Waals surface area (Å²) in [7, 11) is 1.69. The van der Waals surface area contributed by atoms with E-state index in [1.165, 1.54) is 4.68 Å². The third-order valence-corrected chi connectivity index (χ3v) is 3.29. The second-order valence-electron chi connectivity index (χ2n) is 3.19. The van der Waals surface area contributed by atoms with Crippen LogP contribution in [0.4, 0.5) is 0 Å². The summed E-state index contributed by atoms with van der Waals surface area (Å²) in [4.78, 5) is 12.2. The molecule has 0 saturated carbocycles. The Morgan fingerprint density at radius 3 is 2.81 bits per heavy atom. The molecule has 0 bridgehead atoms. The second-order valence-corrected chi connectivity index (χ2v) is 5.19. The molecule has 0 aliphatic rings. The zero-order valence-corrected chi connectivity index (χ0v) is 12.1. The van der Waals surface area contributed by atoms with Gasteiger partial charge < -0.3 is 0 Å². The van der Waals surface area contributed by atoms with Crippen molar-refractivity contribution in [3.05, 3.63) is 43.7 Å². The minimum absolute atomic E-state index is 0.0853. The zero-order chi connectivity index (χ0) is 11.7. The van der Waals surface area contributed by atoms with E-state index in [0.717, 1.165) is 3.57 Å². The van der Waals surface area contributed by atoms with Gasteiger partial charge in [0.1, 0.15) is 5.69 Å². The van der Waals surface area contributed by atoms with E-state index in [2.05, 4.69) is 48.8 Å². The fourth-order valence-corrected chi connectivity index (χ4v) is 2.39. The molecule has 0 radical (unpaired) electrons. The molecule has 0 unspecified atom stereocenters. The van der Waals surface area contributed by atoms with Gasteiger partial charge in [-0.2, -0.15) is 0 Å². The highest BCUT2D eigenvalue weighted by Crippen LogP contribution is 2.17. The number of hydrogen-bond donors (Lipinski definition) is 0. The van der Waals surface area contributed by atoms with Gasteiger partial charge in [0.2, 0.25) is 5.78 Å². The summed E-state index contributed by atoms with van der Waals surface area (Å²) in [5.74, 6) is -0.0853. The molecule has 16 heavy (non-hydrogen) atoms. The molecule has 0 atom stereocenters. The predicted molar refractivity (Wildman–Crippen MR) is 71.3 cm³/mol. The van der Waals surface area contributed by atoms with Crippen LogP contribution in [0.25, 0.3) is 0 Å². The molecule has 0 spiro atoms. The van der Waals surface area contributed by atoms with Crippen LogP contribution in [-0.2, 0) is 7.05 Å². The molecule has 1 aromatic carbocycles. The Bertz CT molecular complexity index is 533. The summed E-state index contributed by atoms with van der Waals surface area (Å²) in [5.41, 5.74) is 1.10. The van der Waals surface area contributed by atoms with Crippen molar-refractivity contribution in [2.75, 3.05) is 0 Å². The Balaban J connectivity index is 2.47. The van der Waals surface area contributed by atoms with Crippen molar-refractivity contribution >= 4 is 44.3 Å². The highest BCUT2D eigenvalue weighted by Gasteiger charge is 2.18. The third-order valence-electron chi connectivity index (χ3n) is 2.09. The van der Waals surface area contributed by atoms with Crippen molar-refractivity contribution in [3.8, 4) is 0 Å². The number of nitrogens with zero attached hydrogens (tertiary/aromatic N) is 3. The molecule has 0 aliphatic carbocycles. The first-order chi connectivity index (χ1) is 7.59. The minimum Gasteiger partial charge on any atom is -0.287 e. The molecule has 0 amide bonds. The number of ketones is 1. The van der Waals surface area contributed by atoms with Crippen LogP contribution in [0.3, 0.4) is 0 Å². The normalized spacial score (nSPS) is 10.4. The van der Waals surface area contributed by atoms with Crippen LogP contribution in [0.2, 0.25) is 0 Å². The molecule has 2 aromatic rings. The summed E-state index contributed by atoms with van der Waals surface area (Å²) in [6.45, 7) is 0. The van der Waals surface area contributed by atoms with Crippen LogP contribution < -0.4 is 0 Å². The molecular formula is C10H7BrIN3O. The molecule has 4 nitrogen and oxygen atoms in total. The highest BCUT2D eigenvalue weighted by molar-refractivity contribution is 14.1. The van der Waals surface area contributed by atoms with Gasteiger partial charge >= 0.3 is 0 Å². The minimum atomic E-state index is -0.0853. The van der Waals surface area contributed by atoms with Gasteiger partial charge in [0, 0.05) is 16.2 Å². The van der Waals surface area contributed by atoms with E-state index in [4.69, 9.17) is 0 Å². The maximum absolute atomic E-state index is 12.2. The number of hydrogen-bond acceptors (Lipinski definition) is 3. The van der Waals surface area contributed by atoms with Gasteiger partial charge in [0.25, 0.3) is 0 Å². The average molecular weight is 392 g/mol. The molecule has 6 heteroatoms. The highest BCUT2D eigenvalue weighted by atomic mass is 127. The Morgan fingerprint density at radius 1 is 1.50 bits per heavy atom. The summed E-state index contributed by atoms with van der Waals surface area (Å²) in [5, 5.41) is 7.57. The van der Waals surface area contributed by atoms with Crippen molar-refractivity contribution < 1.29 is 4.79 Å². The lowest BCUT2D eigenvalue weighted by atomic mass is 10.1. The predicted octanol–water partition coefficient (Wildman–Crippen LogP) is 2.41. The number of carbonyl (C=O) groups excluding carboxylic acids is 1. The maximum atomic E-state index is 12.2. The van der Waals surface area contributed by atoms with Gasteiger partial charge in [-0.3, -0.25) is 4.79 Å². The first kappa shape index (κ1) is 11.7. The quantitative estimate of drug-likeness (QED) is 0.583. The Hall–Kier alpha value is -0.760. The van der Waals surface area contributed by atoms with Crippen molar-refractivity contribution in [2.24, 2.45) is 7.05 Å². The monoisotopic (exact) mass is 391 g/mol. The van der Waals surface area contributed by atoms with Crippen molar-refractivity contribution in [1.29, 1.82) is 0 Å². The van der Waals surface area contributed by atoms with Crippen LogP contribution in [0.15, 0.2) is 28.9 Å². The SMILES string of the molecule is Cn1nnc(Br)c1C(=O)c1cccc(I)c1. The van der Waals surface area contributed by atoms with E-state index in [0.29, 0.717) is 15.9 Å². The van der Waals surface area contributed by atoms with Gasteiger partial charge in [-0.15, -0.1) is 5.10 Å². The van der Waals surface area contributed by atoms with Crippen molar-refractivity contribution in [1.82, 2.24) is 15.0 Å². The molecule has 1 heterocycles. The molecule has 0 aliphatic heterocycles. The van der Waals surface area contributed by atoms with E-state index in [-0.39, 0.29) is 5.78 Å². The van der Waals surface area contributed by atoms with Crippen LogP contribution in [0.5, 0.6) is 0 Å². The summed E-state index contributed by atoms with van der Waals surface area (Å²) < 4.78 is 2.96. The summed E-state index contributed by atoms with van der Waals surface area (Å²) in [6.07, 6.45) is 0. The van der Waals surface area contributed by atoms with Crippen LogP contribution in [0.1, 0.15) is 16.1 Å². The Morgan fingerprint density at radius 2 is 2.25 bits per heavy atom. The second kappa shape index (κ2) is 4.62. The number of benzene rings is 1. The molecule has 0 saturated heterocycles. The topological polar surface area (TPSA) is 47.8 Å². The maximum Gasteiger partial charge on any atom is 0.213 e. The fraction of sp³-hybridized carbons (Fsp3) is 0.100. The number of aryl methyl sites for hydroxylation is 1.